The molecule has 2 N–H and O–H groups in total. The van der Waals surface area contributed by atoms with Crippen LogP contribution in [-0.4, -0.2) is 49.6 Å². The zero-order chi connectivity index (χ0) is 25.1. The van der Waals surface area contributed by atoms with Gasteiger partial charge >= 0.3 is 6.03 Å². The minimum atomic E-state index is -1.04. The molecule has 36 heavy (non-hydrogen) atoms. The number of aromatic nitrogens is 3. The predicted octanol–water partition coefficient (Wildman–Crippen LogP) is 3.55. The van der Waals surface area contributed by atoms with Gasteiger partial charge in [-0.05, 0) is 50.3 Å². The third-order valence-electron chi connectivity index (χ3n) is 6.92. The van der Waals surface area contributed by atoms with E-state index in [1.807, 2.05) is 48.5 Å². The summed E-state index contributed by atoms with van der Waals surface area (Å²) in [4.78, 5) is 39.4. The van der Waals surface area contributed by atoms with Crippen LogP contribution >= 0.6 is 0 Å². The van der Waals surface area contributed by atoms with Gasteiger partial charge in [0, 0.05) is 24.2 Å². The van der Waals surface area contributed by atoms with Crippen molar-refractivity contribution in [1.82, 2.24) is 25.0 Å². The van der Waals surface area contributed by atoms with E-state index in [9.17, 15) is 14.4 Å². The van der Waals surface area contributed by atoms with E-state index in [0.29, 0.717) is 18.5 Å². The van der Waals surface area contributed by atoms with Gasteiger partial charge in [0.15, 0.2) is 5.82 Å². The van der Waals surface area contributed by atoms with Crippen LogP contribution in [0.3, 0.4) is 0 Å². The van der Waals surface area contributed by atoms with Gasteiger partial charge in [0.2, 0.25) is 5.91 Å². The molecule has 0 saturated carbocycles. The van der Waals surface area contributed by atoms with E-state index < -0.39 is 23.4 Å². The molecule has 9 heteroatoms. The van der Waals surface area contributed by atoms with Gasteiger partial charge in [-0.1, -0.05) is 48.9 Å². The molecule has 0 bridgehead atoms. The number of hydrogen-bond acceptors (Lipinski definition) is 5. The van der Waals surface area contributed by atoms with Crippen LogP contribution in [0.25, 0.3) is 11.4 Å². The van der Waals surface area contributed by atoms with E-state index in [1.165, 1.54) is 6.42 Å². The molecular weight excluding hydrogens is 456 g/mol. The summed E-state index contributed by atoms with van der Waals surface area (Å²) in [5, 5.41) is 14.3. The van der Waals surface area contributed by atoms with E-state index in [2.05, 4.69) is 25.4 Å². The third kappa shape index (κ3) is 4.86. The number of amides is 4. The van der Waals surface area contributed by atoms with Crippen LogP contribution in [-0.2, 0) is 29.0 Å². The van der Waals surface area contributed by atoms with Crippen molar-refractivity contribution in [2.75, 3.05) is 11.9 Å². The molecule has 1 saturated heterocycles. The van der Waals surface area contributed by atoms with Crippen LogP contribution in [0, 0.1) is 0 Å². The molecule has 2 aromatic carbocycles. The lowest BCUT2D eigenvalue weighted by Gasteiger charge is -2.21. The Kier molecular flexibility index (Phi) is 6.54. The van der Waals surface area contributed by atoms with Crippen molar-refractivity contribution < 1.29 is 14.4 Å². The monoisotopic (exact) mass is 486 g/mol. The number of aryl methyl sites for hydroxylation is 2. The van der Waals surface area contributed by atoms with Crippen LogP contribution in [0.1, 0.15) is 44.0 Å². The Bertz CT molecular complexity index is 1290. The summed E-state index contributed by atoms with van der Waals surface area (Å²) in [6.07, 6.45) is 5.38. The maximum Gasteiger partial charge on any atom is 0.325 e. The van der Waals surface area contributed by atoms with Crippen molar-refractivity contribution in [3.05, 3.63) is 66.0 Å². The molecule has 2 aliphatic rings. The van der Waals surface area contributed by atoms with Gasteiger partial charge in [0.1, 0.15) is 17.9 Å². The van der Waals surface area contributed by atoms with Gasteiger partial charge in [-0.3, -0.25) is 14.5 Å². The molecule has 4 amide bonds. The first-order valence-electron chi connectivity index (χ1n) is 12.4. The largest absolute Gasteiger partial charge is 0.325 e. The van der Waals surface area contributed by atoms with E-state index in [-0.39, 0.29) is 6.54 Å². The number of imide groups is 1. The highest BCUT2D eigenvalue weighted by molar-refractivity contribution is 6.10. The smallest absolute Gasteiger partial charge is 0.325 e. The van der Waals surface area contributed by atoms with Crippen LogP contribution in [0.15, 0.2) is 54.6 Å². The molecule has 1 fully saturated rings. The Morgan fingerprint density at radius 1 is 1.06 bits per heavy atom. The zero-order valence-corrected chi connectivity index (χ0v) is 20.4. The SMILES string of the molecule is C[C@@]1(CCc2ccccc2)NC(=O)N(CC(=O)Nc2cccc(-c3nnc4n3CCCCC4)c2)C1=O. The number of benzene rings is 2. The molecule has 5 rings (SSSR count). The molecule has 1 aromatic heterocycles. The number of urea groups is 1. The van der Waals surface area contributed by atoms with Crippen LogP contribution in [0.4, 0.5) is 10.5 Å². The third-order valence-corrected chi connectivity index (χ3v) is 6.92. The molecule has 0 radical (unpaired) electrons. The highest BCUT2D eigenvalue weighted by atomic mass is 16.2. The lowest BCUT2D eigenvalue weighted by Crippen LogP contribution is -2.45. The van der Waals surface area contributed by atoms with Crippen molar-refractivity contribution in [2.45, 2.75) is 57.5 Å². The van der Waals surface area contributed by atoms with Crippen molar-refractivity contribution in [1.29, 1.82) is 0 Å². The lowest BCUT2D eigenvalue weighted by atomic mass is 9.93. The maximum absolute atomic E-state index is 13.1. The highest BCUT2D eigenvalue weighted by Gasteiger charge is 2.47. The van der Waals surface area contributed by atoms with Gasteiger partial charge in [-0.25, -0.2) is 4.79 Å². The molecule has 186 valence electrons. The second-order valence-corrected chi connectivity index (χ2v) is 9.67. The Morgan fingerprint density at radius 3 is 2.72 bits per heavy atom. The first kappa shape index (κ1) is 23.7. The fourth-order valence-electron chi connectivity index (χ4n) is 4.88. The second-order valence-electron chi connectivity index (χ2n) is 9.67. The molecule has 3 heterocycles. The summed E-state index contributed by atoms with van der Waals surface area (Å²) in [6, 6.07) is 16.6. The number of anilines is 1. The standard InChI is InChI=1S/C27H30N6O3/c1-27(15-14-19-9-4-2-5-10-19)25(35)33(26(36)29-27)18-23(34)28-21-12-8-11-20(17-21)24-31-30-22-13-6-3-7-16-32(22)24/h2,4-5,8-12,17H,3,6-7,13-16,18H2,1H3,(H,28,34)(H,29,36)/t27-/m0/s1. The van der Waals surface area contributed by atoms with Gasteiger partial charge in [0.05, 0.1) is 0 Å². The second kappa shape index (κ2) is 9.93. The van der Waals surface area contributed by atoms with E-state index >= 15 is 0 Å². The normalized spacial score (nSPS) is 19.5. The van der Waals surface area contributed by atoms with E-state index in [1.54, 1.807) is 13.0 Å². The summed E-state index contributed by atoms with van der Waals surface area (Å²) in [5.74, 6) is 0.943. The Morgan fingerprint density at radius 2 is 1.89 bits per heavy atom. The zero-order valence-electron chi connectivity index (χ0n) is 20.4. The molecule has 2 aliphatic heterocycles. The van der Waals surface area contributed by atoms with Crippen LogP contribution in [0.2, 0.25) is 0 Å². The van der Waals surface area contributed by atoms with Crippen molar-refractivity contribution in [3.63, 3.8) is 0 Å². The Balaban J connectivity index is 1.23. The first-order chi connectivity index (χ1) is 17.4. The predicted molar refractivity (Wildman–Crippen MR) is 135 cm³/mol. The van der Waals surface area contributed by atoms with Crippen molar-refractivity contribution >= 4 is 23.5 Å². The van der Waals surface area contributed by atoms with Gasteiger partial charge in [-0.15, -0.1) is 10.2 Å². The summed E-state index contributed by atoms with van der Waals surface area (Å²) < 4.78 is 2.15. The van der Waals surface area contributed by atoms with Crippen molar-refractivity contribution in [3.8, 4) is 11.4 Å². The number of carbonyl (C=O) groups is 3. The van der Waals surface area contributed by atoms with E-state index in [4.69, 9.17) is 0 Å². The average Bonchev–Trinajstić information content (AvgIpc) is 3.26. The minimum Gasteiger partial charge on any atom is -0.325 e. The lowest BCUT2D eigenvalue weighted by molar-refractivity contribution is -0.133. The van der Waals surface area contributed by atoms with E-state index in [0.717, 1.165) is 53.5 Å². The number of nitrogens with one attached hydrogen (secondary N) is 2. The highest BCUT2D eigenvalue weighted by Crippen LogP contribution is 2.26. The molecule has 3 aromatic rings. The number of nitrogens with zero attached hydrogens (tertiary/aromatic N) is 4. The van der Waals surface area contributed by atoms with Gasteiger partial charge < -0.3 is 15.2 Å². The summed E-state index contributed by atoms with van der Waals surface area (Å²) >= 11 is 0. The summed E-state index contributed by atoms with van der Waals surface area (Å²) in [7, 11) is 0. The number of carbonyl (C=O) groups excluding carboxylic acids is 3. The fourth-order valence-corrected chi connectivity index (χ4v) is 4.88. The Labute approximate surface area is 209 Å². The fraction of sp³-hybridized carbons (Fsp3) is 0.370. The Hall–Kier alpha value is -4.01. The summed E-state index contributed by atoms with van der Waals surface area (Å²) in [6.45, 7) is 2.23. The van der Waals surface area contributed by atoms with Gasteiger partial charge in [-0.2, -0.15) is 0 Å². The first-order valence-corrected chi connectivity index (χ1v) is 12.4. The molecular formula is C27H30N6O3. The van der Waals surface area contributed by atoms with Crippen LogP contribution < -0.4 is 10.6 Å². The maximum atomic E-state index is 13.1. The van der Waals surface area contributed by atoms with Crippen LogP contribution in [0.5, 0.6) is 0 Å². The number of hydrogen-bond donors (Lipinski definition) is 2. The quantitative estimate of drug-likeness (QED) is 0.497. The summed E-state index contributed by atoms with van der Waals surface area (Å²) in [5.41, 5.74) is 1.47. The molecule has 1 atom stereocenters. The minimum absolute atomic E-state index is 0.351. The van der Waals surface area contributed by atoms with Crippen molar-refractivity contribution in [2.24, 2.45) is 0 Å². The van der Waals surface area contributed by atoms with Gasteiger partial charge in [0.25, 0.3) is 5.91 Å². The molecule has 0 aliphatic carbocycles. The number of fused-ring (bicyclic) bond motifs is 1. The number of rotatable bonds is 7. The molecule has 0 spiro atoms. The topological polar surface area (TPSA) is 109 Å². The molecule has 9 nitrogen and oxygen atoms in total. The average molecular weight is 487 g/mol. The molecule has 0 unspecified atom stereocenters.